The number of rotatable bonds is 8. The van der Waals surface area contributed by atoms with Crippen LogP contribution in [0.5, 0.6) is 11.5 Å². The average molecular weight is 417 g/mol. The lowest BCUT2D eigenvalue weighted by Gasteiger charge is -2.20. The van der Waals surface area contributed by atoms with E-state index in [9.17, 15) is 8.42 Å². The summed E-state index contributed by atoms with van der Waals surface area (Å²) in [4.78, 5) is 2.05. The van der Waals surface area contributed by atoms with E-state index in [1.807, 2.05) is 68.3 Å². The molecule has 156 valence electrons. The SMILES string of the molecule is CCOc1cc(C(CS(C)(=O)=O)n2cc3cccc(N(C)C)c3c2)ccc1OC. The molecule has 1 heterocycles. The fourth-order valence-electron chi connectivity index (χ4n) is 3.55. The Morgan fingerprint density at radius 1 is 1.10 bits per heavy atom. The van der Waals surface area contributed by atoms with Gasteiger partial charge in [-0.1, -0.05) is 18.2 Å². The zero-order valence-electron chi connectivity index (χ0n) is 17.5. The van der Waals surface area contributed by atoms with Crippen LogP contribution in [0.25, 0.3) is 10.8 Å². The molecule has 0 saturated heterocycles. The molecule has 1 aromatic heterocycles. The summed E-state index contributed by atoms with van der Waals surface area (Å²) in [5.74, 6) is 1.22. The minimum Gasteiger partial charge on any atom is -0.493 e. The second-order valence-electron chi connectivity index (χ2n) is 7.33. The third-order valence-electron chi connectivity index (χ3n) is 4.86. The van der Waals surface area contributed by atoms with Gasteiger partial charge in [0.25, 0.3) is 0 Å². The van der Waals surface area contributed by atoms with Crippen LogP contribution in [-0.2, 0) is 9.84 Å². The molecule has 0 spiro atoms. The molecule has 3 rings (SSSR count). The van der Waals surface area contributed by atoms with Crippen molar-refractivity contribution >= 4 is 26.3 Å². The molecule has 1 unspecified atom stereocenters. The summed E-state index contributed by atoms with van der Waals surface area (Å²) in [6, 6.07) is 11.3. The van der Waals surface area contributed by atoms with Crippen LogP contribution in [0.15, 0.2) is 48.8 Å². The minimum atomic E-state index is -3.23. The first kappa shape index (κ1) is 21.0. The Bertz CT molecular complexity index is 1100. The van der Waals surface area contributed by atoms with Gasteiger partial charge in [0.2, 0.25) is 0 Å². The molecular weight excluding hydrogens is 388 g/mol. The quantitative estimate of drug-likeness (QED) is 0.560. The van der Waals surface area contributed by atoms with E-state index >= 15 is 0 Å². The predicted molar refractivity (Wildman–Crippen MR) is 118 cm³/mol. The fraction of sp³-hybridized carbons (Fsp3) is 0.364. The molecule has 29 heavy (non-hydrogen) atoms. The van der Waals surface area contributed by atoms with Crippen molar-refractivity contribution in [1.82, 2.24) is 4.57 Å². The highest BCUT2D eigenvalue weighted by Crippen LogP contribution is 2.34. The average Bonchev–Trinajstić information content (AvgIpc) is 3.09. The van der Waals surface area contributed by atoms with Crippen LogP contribution in [-0.4, -0.2) is 52.8 Å². The van der Waals surface area contributed by atoms with Crippen molar-refractivity contribution in [1.29, 1.82) is 0 Å². The van der Waals surface area contributed by atoms with Gasteiger partial charge >= 0.3 is 0 Å². The first-order valence-corrected chi connectivity index (χ1v) is 11.6. The van der Waals surface area contributed by atoms with E-state index in [2.05, 4.69) is 11.0 Å². The smallest absolute Gasteiger partial charge is 0.161 e. The summed E-state index contributed by atoms with van der Waals surface area (Å²) in [6.45, 7) is 2.40. The molecule has 0 bridgehead atoms. The maximum absolute atomic E-state index is 12.2. The molecule has 1 atom stereocenters. The summed E-state index contributed by atoms with van der Waals surface area (Å²) in [6.07, 6.45) is 5.29. The Morgan fingerprint density at radius 2 is 1.86 bits per heavy atom. The van der Waals surface area contributed by atoms with Crippen molar-refractivity contribution in [2.24, 2.45) is 0 Å². The van der Waals surface area contributed by atoms with E-state index in [1.165, 1.54) is 6.26 Å². The third-order valence-corrected chi connectivity index (χ3v) is 5.78. The zero-order chi connectivity index (χ0) is 21.2. The fourth-order valence-corrected chi connectivity index (χ4v) is 4.49. The van der Waals surface area contributed by atoms with Gasteiger partial charge in [-0.3, -0.25) is 0 Å². The van der Waals surface area contributed by atoms with Gasteiger partial charge in [-0.25, -0.2) is 8.42 Å². The largest absolute Gasteiger partial charge is 0.493 e. The normalized spacial score (nSPS) is 12.7. The van der Waals surface area contributed by atoms with E-state index in [4.69, 9.17) is 9.47 Å². The second kappa shape index (κ2) is 8.37. The van der Waals surface area contributed by atoms with Crippen molar-refractivity contribution in [3.05, 3.63) is 54.4 Å². The minimum absolute atomic E-state index is 0.0107. The third kappa shape index (κ3) is 4.67. The Kier molecular flexibility index (Phi) is 6.07. The monoisotopic (exact) mass is 416 g/mol. The van der Waals surface area contributed by atoms with Gasteiger partial charge < -0.3 is 18.9 Å². The first-order chi connectivity index (χ1) is 13.7. The number of benzene rings is 2. The van der Waals surface area contributed by atoms with E-state index < -0.39 is 9.84 Å². The van der Waals surface area contributed by atoms with Gasteiger partial charge in [0, 0.05) is 49.2 Å². The van der Waals surface area contributed by atoms with Gasteiger partial charge in [0.15, 0.2) is 11.5 Å². The maximum atomic E-state index is 12.2. The van der Waals surface area contributed by atoms with Crippen molar-refractivity contribution in [2.75, 3.05) is 44.7 Å². The zero-order valence-corrected chi connectivity index (χ0v) is 18.4. The molecule has 3 aromatic rings. The Labute approximate surface area is 172 Å². The maximum Gasteiger partial charge on any atom is 0.161 e. The molecule has 0 amide bonds. The highest BCUT2D eigenvalue weighted by Gasteiger charge is 2.22. The topological polar surface area (TPSA) is 60.8 Å². The van der Waals surface area contributed by atoms with Crippen LogP contribution in [0.4, 0.5) is 5.69 Å². The molecule has 7 heteroatoms. The van der Waals surface area contributed by atoms with Gasteiger partial charge in [-0.15, -0.1) is 0 Å². The molecule has 0 saturated carbocycles. The lowest BCUT2D eigenvalue weighted by molar-refractivity contribution is 0.310. The number of ether oxygens (including phenoxy) is 2. The molecule has 6 nitrogen and oxygen atoms in total. The van der Waals surface area contributed by atoms with Crippen molar-refractivity contribution < 1.29 is 17.9 Å². The van der Waals surface area contributed by atoms with E-state index in [1.54, 1.807) is 7.11 Å². The summed E-state index contributed by atoms with van der Waals surface area (Å²) in [5, 5.41) is 2.14. The second-order valence-corrected chi connectivity index (χ2v) is 9.52. The number of nitrogens with zero attached hydrogens (tertiary/aromatic N) is 2. The number of fused-ring (bicyclic) bond motifs is 1. The highest BCUT2D eigenvalue weighted by molar-refractivity contribution is 7.90. The Balaban J connectivity index is 2.15. The van der Waals surface area contributed by atoms with E-state index in [0.717, 1.165) is 22.0 Å². The van der Waals surface area contributed by atoms with Crippen molar-refractivity contribution in [3.8, 4) is 11.5 Å². The van der Waals surface area contributed by atoms with Gasteiger partial charge in [-0.2, -0.15) is 0 Å². The summed E-state index contributed by atoms with van der Waals surface area (Å²) in [7, 11) is 2.36. The molecule has 0 aliphatic heterocycles. The molecule has 0 aliphatic rings. The number of aromatic nitrogens is 1. The standard InChI is InChI=1S/C22H28N2O4S/c1-6-28-22-12-16(10-11-21(22)27-4)20(15-29(5,25)26)24-13-17-8-7-9-19(23(2)3)18(17)14-24/h7-14,20H,6,15H2,1-5H3. The molecule has 0 radical (unpaired) electrons. The van der Waals surface area contributed by atoms with Crippen LogP contribution < -0.4 is 14.4 Å². The van der Waals surface area contributed by atoms with Crippen LogP contribution in [0.2, 0.25) is 0 Å². The van der Waals surface area contributed by atoms with Crippen LogP contribution in [0.1, 0.15) is 18.5 Å². The van der Waals surface area contributed by atoms with Gasteiger partial charge in [0.1, 0.15) is 9.84 Å². The Hall–Kier alpha value is -2.67. The van der Waals surface area contributed by atoms with E-state index in [-0.39, 0.29) is 11.8 Å². The molecule has 0 fully saturated rings. The van der Waals surface area contributed by atoms with Crippen LogP contribution in [0.3, 0.4) is 0 Å². The Morgan fingerprint density at radius 3 is 2.48 bits per heavy atom. The van der Waals surface area contributed by atoms with Crippen molar-refractivity contribution in [3.63, 3.8) is 0 Å². The van der Waals surface area contributed by atoms with E-state index in [0.29, 0.717) is 18.1 Å². The van der Waals surface area contributed by atoms with Crippen LogP contribution >= 0.6 is 0 Å². The highest BCUT2D eigenvalue weighted by atomic mass is 32.2. The predicted octanol–water partition coefficient (Wildman–Crippen LogP) is 3.75. The van der Waals surface area contributed by atoms with Crippen molar-refractivity contribution in [2.45, 2.75) is 13.0 Å². The molecular formula is C22H28N2O4S. The molecule has 0 aliphatic carbocycles. The lowest BCUT2D eigenvalue weighted by Crippen LogP contribution is -2.19. The number of methoxy groups -OCH3 is 1. The van der Waals surface area contributed by atoms with Gasteiger partial charge in [-0.05, 0) is 30.7 Å². The van der Waals surface area contributed by atoms with Gasteiger partial charge in [0.05, 0.1) is 25.5 Å². The first-order valence-electron chi connectivity index (χ1n) is 9.49. The summed E-state index contributed by atoms with van der Waals surface area (Å²) < 4.78 is 37.5. The van der Waals surface area contributed by atoms with Crippen LogP contribution in [0, 0.1) is 0 Å². The summed E-state index contributed by atoms with van der Waals surface area (Å²) >= 11 is 0. The molecule has 2 aromatic carbocycles. The lowest BCUT2D eigenvalue weighted by atomic mass is 10.1. The number of anilines is 1. The number of hydrogen-bond donors (Lipinski definition) is 0. The number of sulfone groups is 1. The number of hydrogen-bond acceptors (Lipinski definition) is 5. The molecule has 0 N–H and O–H groups in total. The summed E-state index contributed by atoms with van der Waals surface area (Å²) in [5.41, 5.74) is 1.94.